The van der Waals surface area contributed by atoms with Gasteiger partial charge in [0.2, 0.25) is 0 Å². The molecule has 2 atom stereocenters. The SMILES string of the molecule is CC(C)(C)OC(=O)N1CC[C@H](N)C(N)C1. The average molecular weight is 215 g/mol. The Morgan fingerprint density at radius 3 is 2.40 bits per heavy atom. The minimum Gasteiger partial charge on any atom is -0.444 e. The van der Waals surface area contributed by atoms with E-state index in [4.69, 9.17) is 16.2 Å². The number of hydrogen-bond donors (Lipinski definition) is 2. The Morgan fingerprint density at radius 2 is 1.93 bits per heavy atom. The molecule has 1 heterocycles. The van der Waals surface area contributed by atoms with E-state index in [1.807, 2.05) is 20.8 Å². The Morgan fingerprint density at radius 1 is 1.33 bits per heavy atom. The summed E-state index contributed by atoms with van der Waals surface area (Å²) in [5, 5.41) is 0. The number of amides is 1. The molecular formula is C10H21N3O2. The highest BCUT2D eigenvalue weighted by atomic mass is 16.6. The first-order chi connectivity index (χ1) is 6.79. The molecule has 0 saturated carbocycles. The molecule has 88 valence electrons. The van der Waals surface area contributed by atoms with E-state index in [9.17, 15) is 4.79 Å². The van der Waals surface area contributed by atoms with Gasteiger partial charge in [0.25, 0.3) is 0 Å². The van der Waals surface area contributed by atoms with Crippen LogP contribution in [0.3, 0.4) is 0 Å². The quantitative estimate of drug-likeness (QED) is 0.608. The monoisotopic (exact) mass is 215 g/mol. The highest BCUT2D eigenvalue weighted by Gasteiger charge is 2.29. The van der Waals surface area contributed by atoms with Gasteiger partial charge < -0.3 is 21.1 Å². The van der Waals surface area contributed by atoms with E-state index >= 15 is 0 Å². The van der Waals surface area contributed by atoms with Crippen molar-refractivity contribution in [2.24, 2.45) is 11.5 Å². The number of carbonyl (C=O) groups excluding carboxylic acids is 1. The maximum atomic E-state index is 11.7. The first-order valence-corrected chi connectivity index (χ1v) is 5.28. The summed E-state index contributed by atoms with van der Waals surface area (Å²) in [4.78, 5) is 13.3. The summed E-state index contributed by atoms with van der Waals surface area (Å²) in [5.74, 6) is 0. The molecule has 1 fully saturated rings. The van der Waals surface area contributed by atoms with Crippen molar-refractivity contribution in [2.75, 3.05) is 13.1 Å². The fourth-order valence-corrected chi connectivity index (χ4v) is 1.49. The largest absolute Gasteiger partial charge is 0.444 e. The van der Waals surface area contributed by atoms with Crippen LogP contribution in [0, 0.1) is 0 Å². The minimum atomic E-state index is -0.458. The van der Waals surface area contributed by atoms with E-state index in [2.05, 4.69) is 0 Å². The van der Waals surface area contributed by atoms with Crippen LogP contribution in [0.2, 0.25) is 0 Å². The molecule has 15 heavy (non-hydrogen) atoms. The molecule has 0 aliphatic carbocycles. The van der Waals surface area contributed by atoms with Crippen LogP contribution in [-0.2, 0) is 4.74 Å². The predicted molar refractivity (Wildman–Crippen MR) is 58.4 cm³/mol. The summed E-state index contributed by atoms with van der Waals surface area (Å²) in [5.41, 5.74) is 11.1. The summed E-state index contributed by atoms with van der Waals surface area (Å²) in [6.45, 7) is 6.65. The molecule has 1 aliphatic heterocycles. The van der Waals surface area contributed by atoms with E-state index in [0.717, 1.165) is 6.42 Å². The first kappa shape index (κ1) is 12.3. The van der Waals surface area contributed by atoms with Crippen LogP contribution in [-0.4, -0.2) is 41.8 Å². The topological polar surface area (TPSA) is 81.6 Å². The summed E-state index contributed by atoms with van der Waals surface area (Å²) in [7, 11) is 0. The summed E-state index contributed by atoms with van der Waals surface area (Å²) >= 11 is 0. The van der Waals surface area contributed by atoms with Crippen LogP contribution < -0.4 is 11.5 Å². The van der Waals surface area contributed by atoms with E-state index in [0.29, 0.717) is 13.1 Å². The molecule has 1 amide bonds. The number of nitrogens with two attached hydrogens (primary N) is 2. The van der Waals surface area contributed by atoms with Gasteiger partial charge in [-0.15, -0.1) is 0 Å². The van der Waals surface area contributed by atoms with Crippen molar-refractivity contribution in [3.8, 4) is 0 Å². The van der Waals surface area contributed by atoms with Gasteiger partial charge in [-0.1, -0.05) is 0 Å². The molecule has 0 radical (unpaired) electrons. The number of nitrogens with zero attached hydrogens (tertiary/aromatic N) is 1. The predicted octanol–water partition coefficient (Wildman–Crippen LogP) is 0.282. The lowest BCUT2D eigenvalue weighted by Crippen LogP contribution is -2.56. The molecule has 1 saturated heterocycles. The molecule has 0 aromatic rings. The normalized spacial score (nSPS) is 27.7. The van der Waals surface area contributed by atoms with Crippen molar-refractivity contribution in [1.82, 2.24) is 4.90 Å². The van der Waals surface area contributed by atoms with Gasteiger partial charge in [0.05, 0.1) is 0 Å². The second kappa shape index (κ2) is 4.37. The first-order valence-electron chi connectivity index (χ1n) is 5.28. The summed E-state index contributed by atoms with van der Waals surface area (Å²) < 4.78 is 5.25. The van der Waals surface area contributed by atoms with Gasteiger partial charge in [-0.3, -0.25) is 0 Å². The third kappa shape index (κ3) is 3.68. The van der Waals surface area contributed by atoms with Crippen LogP contribution in [0.25, 0.3) is 0 Å². The molecule has 4 N–H and O–H groups in total. The van der Waals surface area contributed by atoms with Gasteiger partial charge >= 0.3 is 6.09 Å². The Hall–Kier alpha value is -0.810. The fraction of sp³-hybridized carbons (Fsp3) is 0.900. The maximum Gasteiger partial charge on any atom is 0.410 e. The van der Waals surface area contributed by atoms with E-state index in [1.54, 1.807) is 4.90 Å². The standard InChI is InChI=1S/C10H21N3O2/c1-10(2,3)15-9(14)13-5-4-7(11)8(12)6-13/h7-8H,4-6,11-12H2,1-3H3/t7-,8?/m0/s1. The van der Waals surface area contributed by atoms with Crippen molar-refractivity contribution in [2.45, 2.75) is 44.9 Å². The maximum absolute atomic E-state index is 11.7. The van der Waals surface area contributed by atoms with Gasteiger partial charge in [0, 0.05) is 25.2 Å². The van der Waals surface area contributed by atoms with Crippen molar-refractivity contribution in [1.29, 1.82) is 0 Å². The van der Waals surface area contributed by atoms with Crippen LogP contribution in [0.5, 0.6) is 0 Å². The molecule has 1 aliphatic rings. The van der Waals surface area contributed by atoms with Gasteiger partial charge in [-0.05, 0) is 27.2 Å². The highest BCUT2D eigenvalue weighted by Crippen LogP contribution is 2.13. The molecule has 0 spiro atoms. The van der Waals surface area contributed by atoms with E-state index in [-0.39, 0.29) is 18.2 Å². The highest BCUT2D eigenvalue weighted by molar-refractivity contribution is 5.68. The van der Waals surface area contributed by atoms with Gasteiger partial charge in [0.15, 0.2) is 0 Å². The Labute approximate surface area is 90.7 Å². The Balaban J connectivity index is 2.48. The third-order valence-corrected chi connectivity index (χ3v) is 2.37. The Kier molecular flexibility index (Phi) is 3.57. The molecule has 5 nitrogen and oxygen atoms in total. The zero-order chi connectivity index (χ0) is 11.6. The fourth-order valence-electron chi connectivity index (χ4n) is 1.49. The summed E-state index contributed by atoms with van der Waals surface area (Å²) in [6.07, 6.45) is 0.435. The zero-order valence-electron chi connectivity index (χ0n) is 9.69. The van der Waals surface area contributed by atoms with Gasteiger partial charge in [-0.2, -0.15) is 0 Å². The Bertz CT molecular complexity index is 237. The molecule has 1 rings (SSSR count). The number of hydrogen-bond acceptors (Lipinski definition) is 4. The lowest BCUT2D eigenvalue weighted by atomic mass is 10.0. The van der Waals surface area contributed by atoms with Crippen LogP contribution >= 0.6 is 0 Å². The molecule has 0 aromatic carbocycles. The second-order valence-corrected chi connectivity index (χ2v) is 5.04. The minimum absolute atomic E-state index is 0.0105. The van der Waals surface area contributed by atoms with Crippen molar-refractivity contribution in [3.63, 3.8) is 0 Å². The molecule has 1 unspecified atom stereocenters. The molecule has 0 bridgehead atoms. The zero-order valence-corrected chi connectivity index (χ0v) is 9.69. The number of ether oxygens (including phenoxy) is 1. The lowest BCUT2D eigenvalue weighted by Gasteiger charge is -2.35. The van der Waals surface area contributed by atoms with Gasteiger partial charge in [0.1, 0.15) is 5.60 Å². The van der Waals surface area contributed by atoms with E-state index < -0.39 is 5.60 Å². The second-order valence-electron chi connectivity index (χ2n) is 5.04. The summed E-state index contributed by atoms with van der Waals surface area (Å²) in [6, 6.07) is -0.157. The molecule has 5 heteroatoms. The van der Waals surface area contributed by atoms with E-state index in [1.165, 1.54) is 0 Å². The lowest BCUT2D eigenvalue weighted by molar-refractivity contribution is 0.0189. The third-order valence-electron chi connectivity index (χ3n) is 2.37. The average Bonchev–Trinajstić information content (AvgIpc) is 2.06. The van der Waals surface area contributed by atoms with Crippen molar-refractivity contribution >= 4 is 6.09 Å². The number of carbonyl (C=O) groups is 1. The molecule has 0 aromatic heterocycles. The smallest absolute Gasteiger partial charge is 0.410 e. The van der Waals surface area contributed by atoms with Crippen LogP contribution in [0.15, 0.2) is 0 Å². The molecular weight excluding hydrogens is 194 g/mol. The number of likely N-dealkylation sites (tertiary alicyclic amines) is 1. The van der Waals surface area contributed by atoms with Crippen LogP contribution in [0.4, 0.5) is 4.79 Å². The van der Waals surface area contributed by atoms with Crippen molar-refractivity contribution in [3.05, 3.63) is 0 Å². The number of piperidine rings is 1. The number of rotatable bonds is 0. The van der Waals surface area contributed by atoms with Gasteiger partial charge in [-0.25, -0.2) is 4.79 Å². The van der Waals surface area contributed by atoms with Crippen LogP contribution in [0.1, 0.15) is 27.2 Å². The van der Waals surface area contributed by atoms with Crippen molar-refractivity contribution < 1.29 is 9.53 Å².